The zero-order valence-corrected chi connectivity index (χ0v) is 16.1. The van der Waals surface area contributed by atoms with Crippen LogP contribution in [0.5, 0.6) is 5.75 Å². The average Bonchev–Trinajstić information content (AvgIpc) is 3.33. The number of carbonyl (C=O) groups excluding carboxylic acids is 4. The Morgan fingerprint density at radius 1 is 1.20 bits per heavy atom. The second-order valence-electron chi connectivity index (χ2n) is 7.63. The molecule has 2 N–H and O–H groups in total. The molecule has 2 atom stereocenters. The molecule has 3 heterocycles. The SMILES string of the molecule is O=C1CCC(N2Cc3c(OCC(=O)N4CCC(C(=O)O)C4)cccc3C2=O)C(=O)N1. The van der Waals surface area contributed by atoms with Gasteiger partial charge in [0, 0.05) is 30.6 Å². The molecule has 3 aliphatic rings. The minimum Gasteiger partial charge on any atom is -0.483 e. The van der Waals surface area contributed by atoms with Gasteiger partial charge in [-0.3, -0.25) is 29.3 Å². The summed E-state index contributed by atoms with van der Waals surface area (Å²) in [6.07, 6.45) is 0.845. The fourth-order valence-electron chi connectivity index (χ4n) is 4.11. The fraction of sp³-hybridized carbons (Fsp3) is 0.450. The van der Waals surface area contributed by atoms with Crippen molar-refractivity contribution in [2.24, 2.45) is 5.92 Å². The maximum Gasteiger partial charge on any atom is 0.308 e. The summed E-state index contributed by atoms with van der Waals surface area (Å²) in [7, 11) is 0. The first kappa shape index (κ1) is 19.9. The smallest absolute Gasteiger partial charge is 0.308 e. The van der Waals surface area contributed by atoms with E-state index in [1.807, 2.05) is 0 Å². The molecule has 158 valence electrons. The summed E-state index contributed by atoms with van der Waals surface area (Å²) in [5, 5.41) is 11.3. The Morgan fingerprint density at radius 2 is 2.00 bits per heavy atom. The number of fused-ring (bicyclic) bond motifs is 1. The van der Waals surface area contributed by atoms with E-state index in [1.165, 1.54) is 9.80 Å². The molecule has 0 bridgehead atoms. The number of amides is 4. The first-order valence-electron chi connectivity index (χ1n) is 9.75. The molecule has 1 aromatic carbocycles. The van der Waals surface area contributed by atoms with Gasteiger partial charge in [0.15, 0.2) is 6.61 Å². The lowest BCUT2D eigenvalue weighted by molar-refractivity contribution is -0.142. The number of nitrogens with one attached hydrogen (secondary N) is 1. The first-order valence-corrected chi connectivity index (χ1v) is 9.75. The van der Waals surface area contributed by atoms with Gasteiger partial charge < -0.3 is 19.6 Å². The van der Waals surface area contributed by atoms with Gasteiger partial charge in [0.25, 0.3) is 11.8 Å². The van der Waals surface area contributed by atoms with Gasteiger partial charge in [0.2, 0.25) is 11.8 Å². The van der Waals surface area contributed by atoms with E-state index in [-0.39, 0.29) is 50.3 Å². The van der Waals surface area contributed by atoms with Gasteiger partial charge in [0.1, 0.15) is 11.8 Å². The van der Waals surface area contributed by atoms with Crippen LogP contribution >= 0.6 is 0 Å². The monoisotopic (exact) mass is 415 g/mol. The van der Waals surface area contributed by atoms with E-state index in [0.29, 0.717) is 29.8 Å². The van der Waals surface area contributed by atoms with Crippen molar-refractivity contribution in [3.05, 3.63) is 29.3 Å². The van der Waals surface area contributed by atoms with E-state index in [1.54, 1.807) is 18.2 Å². The van der Waals surface area contributed by atoms with Crippen LogP contribution < -0.4 is 10.1 Å². The number of hydrogen-bond acceptors (Lipinski definition) is 6. The van der Waals surface area contributed by atoms with E-state index < -0.39 is 23.8 Å². The van der Waals surface area contributed by atoms with E-state index in [4.69, 9.17) is 9.84 Å². The third kappa shape index (κ3) is 3.60. The molecule has 0 aliphatic carbocycles. The maximum atomic E-state index is 12.8. The van der Waals surface area contributed by atoms with Gasteiger partial charge in [-0.25, -0.2) is 0 Å². The van der Waals surface area contributed by atoms with Crippen molar-refractivity contribution in [2.45, 2.75) is 31.8 Å². The van der Waals surface area contributed by atoms with Crippen molar-refractivity contribution in [1.82, 2.24) is 15.1 Å². The number of ether oxygens (including phenoxy) is 1. The molecule has 4 amide bonds. The Hall–Kier alpha value is -3.43. The van der Waals surface area contributed by atoms with Crippen LogP contribution in [0.2, 0.25) is 0 Å². The molecule has 10 nitrogen and oxygen atoms in total. The number of rotatable bonds is 5. The molecule has 0 saturated carbocycles. The van der Waals surface area contributed by atoms with E-state index in [0.717, 1.165) is 0 Å². The summed E-state index contributed by atoms with van der Waals surface area (Å²) in [5.74, 6) is -2.59. The van der Waals surface area contributed by atoms with Gasteiger partial charge >= 0.3 is 5.97 Å². The second kappa shape index (κ2) is 7.77. The molecular weight excluding hydrogens is 394 g/mol. The van der Waals surface area contributed by atoms with Crippen LogP contribution in [-0.2, 0) is 25.7 Å². The van der Waals surface area contributed by atoms with Crippen molar-refractivity contribution >= 4 is 29.6 Å². The van der Waals surface area contributed by atoms with Gasteiger partial charge in [0.05, 0.1) is 12.5 Å². The van der Waals surface area contributed by atoms with Crippen LogP contribution in [0.1, 0.15) is 35.2 Å². The Labute approximate surface area is 171 Å². The number of carboxylic acids is 1. The van der Waals surface area contributed by atoms with E-state index >= 15 is 0 Å². The minimum absolute atomic E-state index is 0.148. The molecule has 0 radical (unpaired) electrons. The summed E-state index contributed by atoms with van der Waals surface area (Å²) < 4.78 is 5.67. The van der Waals surface area contributed by atoms with Gasteiger partial charge in [-0.05, 0) is 25.0 Å². The predicted molar refractivity (Wildman–Crippen MR) is 100 cm³/mol. The molecule has 0 aromatic heterocycles. The zero-order chi connectivity index (χ0) is 21.4. The lowest BCUT2D eigenvalue weighted by Gasteiger charge is -2.29. The lowest BCUT2D eigenvalue weighted by atomic mass is 10.0. The van der Waals surface area contributed by atoms with Crippen molar-refractivity contribution in [3.8, 4) is 5.75 Å². The maximum absolute atomic E-state index is 12.8. The number of likely N-dealkylation sites (tertiary alicyclic amines) is 1. The number of piperidine rings is 1. The highest BCUT2D eigenvalue weighted by molar-refractivity contribution is 6.05. The highest BCUT2D eigenvalue weighted by atomic mass is 16.5. The van der Waals surface area contributed by atoms with Crippen LogP contribution in [0.4, 0.5) is 0 Å². The Kier molecular flexibility index (Phi) is 5.15. The van der Waals surface area contributed by atoms with Crippen LogP contribution in [-0.4, -0.2) is 70.2 Å². The van der Waals surface area contributed by atoms with Gasteiger partial charge in [-0.15, -0.1) is 0 Å². The third-order valence-electron chi connectivity index (χ3n) is 5.78. The topological polar surface area (TPSA) is 133 Å². The van der Waals surface area contributed by atoms with Crippen molar-refractivity contribution < 1.29 is 33.8 Å². The molecule has 2 saturated heterocycles. The Morgan fingerprint density at radius 3 is 2.70 bits per heavy atom. The number of aliphatic carboxylic acids is 1. The van der Waals surface area contributed by atoms with Gasteiger partial charge in [-0.1, -0.05) is 6.07 Å². The highest BCUT2D eigenvalue weighted by Gasteiger charge is 2.40. The van der Waals surface area contributed by atoms with Gasteiger partial charge in [-0.2, -0.15) is 0 Å². The summed E-state index contributed by atoms with van der Waals surface area (Å²) >= 11 is 0. The minimum atomic E-state index is -0.917. The third-order valence-corrected chi connectivity index (χ3v) is 5.78. The fourth-order valence-corrected chi connectivity index (χ4v) is 4.11. The van der Waals surface area contributed by atoms with E-state index in [9.17, 15) is 24.0 Å². The Balaban J connectivity index is 1.43. The molecule has 30 heavy (non-hydrogen) atoms. The number of nitrogens with zero attached hydrogens (tertiary/aromatic N) is 2. The number of carboxylic acid groups (broad SMARTS) is 1. The number of benzene rings is 1. The zero-order valence-electron chi connectivity index (χ0n) is 16.1. The summed E-state index contributed by atoms with van der Waals surface area (Å²) in [4.78, 5) is 62.7. The first-order chi connectivity index (χ1) is 14.3. The number of imide groups is 1. The van der Waals surface area contributed by atoms with Crippen LogP contribution in [0, 0.1) is 5.92 Å². The normalized spacial score (nSPS) is 23.4. The quantitative estimate of drug-likeness (QED) is 0.634. The predicted octanol–water partition coefficient (Wildman–Crippen LogP) is -0.240. The van der Waals surface area contributed by atoms with Crippen LogP contribution in [0.15, 0.2) is 18.2 Å². The number of carbonyl (C=O) groups is 5. The number of hydrogen-bond donors (Lipinski definition) is 2. The van der Waals surface area contributed by atoms with Crippen LogP contribution in [0.3, 0.4) is 0 Å². The lowest BCUT2D eigenvalue weighted by Crippen LogP contribution is -2.52. The van der Waals surface area contributed by atoms with Crippen molar-refractivity contribution in [1.29, 1.82) is 0 Å². The summed E-state index contributed by atoms with van der Waals surface area (Å²) in [6, 6.07) is 4.20. The van der Waals surface area contributed by atoms with Crippen molar-refractivity contribution in [2.75, 3.05) is 19.7 Å². The molecule has 4 rings (SSSR count). The van der Waals surface area contributed by atoms with Crippen LogP contribution in [0.25, 0.3) is 0 Å². The highest BCUT2D eigenvalue weighted by Crippen LogP contribution is 2.33. The molecule has 1 aromatic rings. The second-order valence-corrected chi connectivity index (χ2v) is 7.63. The molecule has 2 fully saturated rings. The molecule has 3 aliphatic heterocycles. The molecule has 0 spiro atoms. The largest absolute Gasteiger partial charge is 0.483 e. The van der Waals surface area contributed by atoms with E-state index in [2.05, 4.69) is 5.32 Å². The standard InChI is InChI=1S/C20H21N3O7/c24-16-5-4-14(18(26)21-16)23-9-13-12(19(23)27)2-1-3-15(13)30-10-17(25)22-7-6-11(8-22)20(28)29/h1-3,11,14H,4-10H2,(H,28,29)(H,21,24,26). The molecular formula is C20H21N3O7. The molecule has 2 unspecified atom stereocenters. The average molecular weight is 415 g/mol. The Bertz CT molecular complexity index is 944. The molecule has 10 heteroatoms. The summed E-state index contributed by atoms with van der Waals surface area (Å²) in [6.45, 7) is 0.408. The summed E-state index contributed by atoms with van der Waals surface area (Å²) in [5.41, 5.74) is 0.988. The van der Waals surface area contributed by atoms with Crippen molar-refractivity contribution in [3.63, 3.8) is 0 Å².